The topological polar surface area (TPSA) is 93.7 Å². The first-order chi connectivity index (χ1) is 14.7. The van der Waals surface area contributed by atoms with Crippen LogP contribution in [0.3, 0.4) is 0 Å². The lowest BCUT2D eigenvalue weighted by Gasteiger charge is -2.22. The van der Waals surface area contributed by atoms with E-state index in [1.807, 2.05) is 23.6 Å². The van der Waals surface area contributed by atoms with Crippen molar-refractivity contribution < 1.29 is 19.1 Å². The highest BCUT2D eigenvalue weighted by Crippen LogP contribution is 2.36. The molecule has 9 heteroatoms. The summed E-state index contributed by atoms with van der Waals surface area (Å²) in [4.78, 5) is 35.4. The third kappa shape index (κ3) is 3.59. The van der Waals surface area contributed by atoms with Crippen molar-refractivity contribution in [1.82, 2.24) is 9.97 Å². The molecule has 2 aliphatic rings. The van der Waals surface area contributed by atoms with Gasteiger partial charge in [-0.2, -0.15) is 0 Å². The molecular formula is C21H18N4O4S. The lowest BCUT2D eigenvalue weighted by molar-refractivity contribution is -0.122. The van der Waals surface area contributed by atoms with Crippen molar-refractivity contribution in [3.05, 3.63) is 48.1 Å². The summed E-state index contributed by atoms with van der Waals surface area (Å²) in [5, 5.41) is 5.24. The van der Waals surface area contributed by atoms with Crippen molar-refractivity contribution in [1.29, 1.82) is 0 Å². The van der Waals surface area contributed by atoms with E-state index in [0.717, 1.165) is 11.3 Å². The van der Waals surface area contributed by atoms with E-state index in [0.29, 0.717) is 42.1 Å². The molecule has 0 bridgehead atoms. The van der Waals surface area contributed by atoms with Gasteiger partial charge in [0.15, 0.2) is 16.6 Å². The number of carbonyl (C=O) groups excluding carboxylic acids is 2. The van der Waals surface area contributed by atoms with Crippen molar-refractivity contribution in [2.75, 3.05) is 30.0 Å². The quantitative estimate of drug-likeness (QED) is 0.695. The van der Waals surface area contributed by atoms with Crippen LogP contribution in [0, 0.1) is 5.92 Å². The molecule has 2 amide bonds. The summed E-state index contributed by atoms with van der Waals surface area (Å²) >= 11 is 1.35. The van der Waals surface area contributed by atoms with Gasteiger partial charge in [0, 0.05) is 48.1 Å². The van der Waals surface area contributed by atoms with E-state index in [2.05, 4.69) is 15.3 Å². The Balaban J connectivity index is 1.26. The molecule has 0 saturated carbocycles. The summed E-state index contributed by atoms with van der Waals surface area (Å²) in [7, 11) is 0. The number of hydrogen-bond acceptors (Lipinski definition) is 7. The van der Waals surface area contributed by atoms with E-state index < -0.39 is 5.92 Å². The maximum absolute atomic E-state index is 12.7. The molecule has 4 heterocycles. The lowest BCUT2D eigenvalue weighted by atomic mass is 10.1. The number of rotatable bonds is 4. The van der Waals surface area contributed by atoms with E-state index in [1.54, 1.807) is 29.4 Å². The highest BCUT2D eigenvalue weighted by molar-refractivity contribution is 7.14. The minimum Gasteiger partial charge on any atom is -0.486 e. The minimum atomic E-state index is -0.445. The van der Waals surface area contributed by atoms with Crippen LogP contribution in [0.15, 0.2) is 48.1 Å². The standard InChI is InChI=1S/C21H18N4O4S/c26-19-9-14(11-25(19)15-1-2-17-18(10-15)29-8-7-28-17)20(27)24-21-23-16(12-30-21)13-3-5-22-6-4-13/h1-6,10,12,14H,7-9,11H2,(H,23,24,27)/t14-/m0/s1. The molecule has 1 atom stereocenters. The molecule has 2 aliphatic heterocycles. The van der Waals surface area contributed by atoms with Gasteiger partial charge in [0.25, 0.3) is 0 Å². The van der Waals surface area contributed by atoms with Crippen LogP contribution in [0.5, 0.6) is 11.5 Å². The SMILES string of the molecule is O=C(Nc1nc(-c2ccncc2)cs1)[C@H]1CC(=O)N(c2ccc3c(c2)OCCO3)C1. The van der Waals surface area contributed by atoms with Crippen LogP contribution in [-0.4, -0.2) is 41.5 Å². The number of anilines is 2. The predicted octanol–water partition coefficient (Wildman–Crippen LogP) is 2.97. The van der Waals surface area contributed by atoms with Gasteiger partial charge in [-0.1, -0.05) is 0 Å². The zero-order valence-electron chi connectivity index (χ0n) is 15.9. The second-order valence-corrected chi connectivity index (χ2v) is 7.85. The minimum absolute atomic E-state index is 0.0940. The lowest BCUT2D eigenvalue weighted by Crippen LogP contribution is -2.28. The molecule has 8 nitrogen and oxygen atoms in total. The van der Waals surface area contributed by atoms with Crippen molar-refractivity contribution in [2.45, 2.75) is 6.42 Å². The Labute approximate surface area is 176 Å². The Morgan fingerprint density at radius 1 is 1.13 bits per heavy atom. The van der Waals surface area contributed by atoms with Crippen LogP contribution < -0.4 is 19.7 Å². The number of fused-ring (bicyclic) bond motifs is 1. The number of amides is 2. The Morgan fingerprint density at radius 2 is 1.93 bits per heavy atom. The molecule has 0 spiro atoms. The number of nitrogens with one attached hydrogen (secondary N) is 1. The molecule has 30 heavy (non-hydrogen) atoms. The summed E-state index contributed by atoms with van der Waals surface area (Å²) in [6.45, 7) is 1.30. The Hall–Kier alpha value is -3.46. The molecule has 2 aromatic heterocycles. The number of hydrogen-bond donors (Lipinski definition) is 1. The molecule has 0 aliphatic carbocycles. The van der Waals surface area contributed by atoms with E-state index in [4.69, 9.17) is 9.47 Å². The van der Waals surface area contributed by atoms with Gasteiger partial charge in [-0.3, -0.25) is 14.6 Å². The molecule has 1 N–H and O–H groups in total. The second-order valence-electron chi connectivity index (χ2n) is 7.00. The third-order valence-electron chi connectivity index (χ3n) is 5.04. The smallest absolute Gasteiger partial charge is 0.231 e. The van der Waals surface area contributed by atoms with Gasteiger partial charge in [-0.05, 0) is 24.3 Å². The van der Waals surface area contributed by atoms with Crippen molar-refractivity contribution in [3.63, 3.8) is 0 Å². The number of ether oxygens (including phenoxy) is 2. The van der Waals surface area contributed by atoms with Crippen molar-refractivity contribution >= 4 is 34.0 Å². The molecule has 152 valence electrons. The van der Waals surface area contributed by atoms with Gasteiger partial charge in [-0.25, -0.2) is 4.98 Å². The third-order valence-corrected chi connectivity index (χ3v) is 5.80. The summed E-state index contributed by atoms with van der Waals surface area (Å²) < 4.78 is 11.1. The molecule has 1 fully saturated rings. The fraction of sp³-hybridized carbons (Fsp3) is 0.238. The predicted molar refractivity (Wildman–Crippen MR) is 112 cm³/mol. The maximum atomic E-state index is 12.7. The molecule has 5 rings (SSSR count). The first kappa shape index (κ1) is 18.6. The van der Waals surface area contributed by atoms with E-state index in [1.165, 1.54) is 11.3 Å². The highest BCUT2D eigenvalue weighted by atomic mass is 32.1. The highest BCUT2D eigenvalue weighted by Gasteiger charge is 2.36. The van der Waals surface area contributed by atoms with E-state index in [-0.39, 0.29) is 18.2 Å². The monoisotopic (exact) mass is 422 g/mol. The molecular weight excluding hydrogens is 404 g/mol. The molecule has 1 saturated heterocycles. The molecule has 0 radical (unpaired) electrons. The van der Waals surface area contributed by atoms with Gasteiger partial charge >= 0.3 is 0 Å². The molecule has 3 aromatic rings. The fourth-order valence-electron chi connectivity index (χ4n) is 3.53. The van der Waals surface area contributed by atoms with Crippen molar-refractivity contribution in [3.8, 4) is 22.8 Å². The van der Waals surface area contributed by atoms with Gasteiger partial charge in [-0.15, -0.1) is 11.3 Å². The van der Waals surface area contributed by atoms with Crippen LogP contribution in [-0.2, 0) is 9.59 Å². The first-order valence-electron chi connectivity index (χ1n) is 9.54. The summed E-state index contributed by atoms with van der Waals surface area (Å²) in [6, 6.07) is 9.12. The Morgan fingerprint density at radius 3 is 2.77 bits per heavy atom. The first-order valence-corrected chi connectivity index (χ1v) is 10.4. The number of carbonyl (C=O) groups is 2. The van der Waals surface area contributed by atoms with Crippen LogP contribution in [0.25, 0.3) is 11.3 Å². The van der Waals surface area contributed by atoms with Crippen molar-refractivity contribution in [2.24, 2.45) is 5.92 Å². The van der Waals surface area contributed by atoms with Crippen LogP contribution in [0.2, 0.25) is 0 Å². The molecule has 1 aromatic carbocycles. The average Bonchev–Trinajstić information content (AvgIpc) is 3.41. The van der Waals surface area contributed by atoms with E-state index in [9.17, 15) is 9.59 Å². The van der Waals surface area contributed by atoms with Crippen LogP contribution >= 0.6 is 11.3 Å². The number of benzene rings is 1. The normalized spacial score (nSPS) is 17.8. The van der Waals surface area contributed by atoms with Gasteiger partial charge < -0.3 is 19.7 Å². The van der Waals surface area contributed by atoms with Crippen LogP contribution in [0.4, 0.5) is 10.8 Å². The number of aromatic nitrogens is 2. The summed E-state index contributed by atoms with van der Waals surface area (Å²) in [6.07, 6.45) is 3.55. The zero-order chi connectivity index (χ0) is 20.5. The fourth-order valence-corrected chi connectivity index (χ4v) is 4.25. The van der Waals surface area contributed by atoms with Gasteiger partial charge in [0.1, 0.15) is 13.2 Å². The largest absolute Gasteiger partial charge is 0.486 e. The van der Waals surface area contributed by atoms with Gasteiger partial charge in [0.05, 0.1) is 11.6 Å². The number of thiazole rings is 1. The Bertz CT molecular complexity index is 1100. The Kier molecular flexibility index (Phi) is 4.80. The summed E-state index contributed by atoms with van der Waals surface area (Å²) in [5.41, 5.74) is 2.41. The average molecular weight is 422 g/mol. The number of pyridine rings is 1. The molecule has 0 unspecified atom stereocenters. The van der Waals surface area contributed by atoms with Crippen LogP contribution in [0.1, 0.15) is 6.42 Å². The number of nitrogens with zero attached hydrogens (tertiary/aromatic N) is 3. The van der Waals surface area contributed by atoms with Gasteiger partial charge in [0.2, 0.25) is 11.8 Å². The zero-order valence-corrected chi connectivity index (χ0v) is 16.7. The maximum Gasteiger partial charge on any atom is 0.231 e. The summed E-state index contributed by atoms with van der Waals surface area (Å²) in [5.74, 6) is 0.534. The van der Waals surface area contributed by atoms with E-state index >= 15 is 0 Å². The second kappa shape index (κ2) is 7.75.